The fourth-order valence-corrected chi connectivity index (χ4v) is 4.93. The minimum Gasteiger partial charge on any atom is -0.461 e. The molecule has 0 aromatic carbocycles. The maximum absolute atomic E-state index is 12.6. The lowest BCUT2D eigenvalue weighted by Gasteiger charge is -2.28. The molecule has 0 amide bonds. The van der Waals surface area contributed by atoms with Crippen LogP contribution in [0.5, 0.6) is 0 Å². The van der Waals surface area contributed by atoms with Gasteiger partial charge in [0.25, 0.3) is 10.0 Å². The number of hydrogen-bond donors (Lipinski definition) is 0. The van der Waals surface area contributed by atoms with E-state index < -0.39 is 16.0 Å². The van der Waals surface area contributed by atoms with Crippen molar-refractivity contribution in [1.29, 1.82) is 0 Å². The number of carbonyl (C=O) groups is 1. The van der Waals surface area contributed by atoms with Crippen molar-refractivity contribution in [2.45, 2.75) is 17.6 Å². The van der Waals surface area contributed by atoms with Crippen LogP contribution in [0.25, 0.3) is 6.08 Å². The Bertz CT molecular complexity index is 647. The summed E-state index contributed by atoms with van der Waals surface area (Å²) < 4.78 is 36.5. The lowest BCUT2D eigenvalue weighted by Crippen LogP contribution is -2.37. The molecule has 1 aromatic rings. The van der Waals surface area contributed by atoms with Gasteiger partial charge >= 0.3 is 5.97 Å². The summed E-state index contributed by atoms with van der Waals surface area (Å²) in [4.78, 5) is 12.0. The first-order valence-electron chi connectivity index (χ1n) is 6.50. The normalized spacial score (nSPS) is 16.3. The van der Waals surface area contributed by atoms with Gasteiger partial charge in [-0.05, 0) is 30.9 Å². The minimum absolute atomic E-state index is 0.0545. The Morgan fingerprint density at radius 3 is 2.86 bits per heavy atom. The number of carbonyl (C=O) groups excluding carboxylic acids is 1. The fourth-order valence-electron chi connectivity index (χ4n) is 2.03. The van der Waals surface area contributed by atoms with E-state index in [1.807, 2.05) is 0 Å². The number of esters is 1. The zero-order valence-corrected chi connectivity index (χ0v) is 13.5. The SMILES string of the molecule is CCOC(=O)C1=Cc2ccsc2S(=O)(=O)N1CCCOC. The average Bonchev–Trinajstić information content (AvgIpc) is 2.90. The van der Waals surface area contributed by atoms with Gasteiger partial charge in [-0.15, -0.1) is 11.3 Å². The van der Waals surface area contributed by atoms with Crippen molar-refractivity contribution in [1.82, 2.24) is 4.31 Å². The van der Waals surface area contributed by atoms with Gasteiger partial charge in [0.15, 0.2) is 0 Å². The Morgan fingerprint density at radius 2 is 2.19 bits per heavy atom. The predicted octanol–water partition coefficient (Wildman–Crippen LogP) is 1.69. The number of nitrogens with zero attached hydrogens (tertiary/aromatic N) is 1. The van der Waals surface area contributed by atoms with Crippen molar-refractivity contribution in [3.05, 3.63) is 22.7 Å². The molecule has 1 aromatic heterocycles. The van der Waals surface area contributed by atoms with Crippen LogP contribution in [0, 0.1) is 0 Å². The highest BCUT2D eigenvalue weighted by molar-refractivity contribution is 7.91. The van der Waals surface area contributed by atoms with Crippen LogP contribution in [0.15, 0.2) is 21.4 Å². The number of hydrogen-bond acceptors (Lipinski definition) is 6. The summed E-state index contributed by atoms with van der Waals surface area (Å²) in [5.41, 5.74) is 0.588. The number of rotatable bonds is 6. The second-order valence-corrected chi connectivity index (χ2v) is 7.31. The molecule has 1 aliphatic rings. The molecule has 116 valence electrons. The van der Waals surface area contributed by atoms with Crippen LogP contribution >= 0.6 is 11.3 Å². The van der Waals surface area contributed by atoms with E-state index in [1.165, 1.54) is 0 Å². The highest BCUT2D eigenvalue weighted by atomic mass is 32.2. The quantitative estimate of drug-likeness (QED) is 0.586. The first-order valence-corrected chi connectivity index (χ1v) is 8.82. The monoisotopic (exact) mass is 331 g/mol. The molecule has 0 unspecified atom stereocenters. The lowest BCUT2D eigenvalue weighted by molar-refractivity contribution is -0.139. The van der Waals surface area contributed by atoms with Gasteiger partial charge < -0.3 is 9.47 Å². The molecule has 0 bridgehead atoms. The van der Waals surface area contributed by atoms with Crippen LogP contribution < -0.4 is 0 Å². The summed E-state index contributed by atoms with van der Waals surface area (Å²) >= 11 is 1.14. The molecule has 0 fully saturated rings. The number of sulfonamides is 1. The summed E-state index contributed by atoms with van der Waals surface area (Å²) in [7, 11) is -2.16. The second-order valence-electron chi connectivity index (χ2n) is 4.34. The summed E-state index contributed by atoms with van der Waals surface area (Å²) in [5, 5.41) is 1.69. The Morgan fingerprint density at radius 1 is 1.43 bits per heavy atom. The zero-order chi connectivity index (χ0) is 15.5. The summed E-state index contributed by atoms with van der Waals surface area (Å²) in [6.45, 7) is 2.47. The summed E-state index contributed by atoms with van der Waals surface area (Å²) in [6, 6.07) is 1.68. The Labute approximate surface area is 128 Å². The average molecular weight is 331 g/mol. The highest BCUT2D eigenvalue weighted by Gasteiger charge is 2.36. The van der Waals surface area contributed by atoms with Crippen LogP contribution in [0.3, 0.4) is 0 Å². The van der Waals surface area contributed by atoms with Crippen LogP contribution in [0.2, 0.25) is 0 Å². The van der Waals surface area contributed by atoms with E-state index in [2.05, 4.69) is 0 Å². The van der Waals surface area contributed by atoms with Crippen molar-refractivity contribution >= 4 is 33.4 Å². The minimum atomic E-state index is -3.71. The molecule has 0 radical (unpaired) electrons. The molecule has 0 saturated heterocycles. The molecule has 0 spiro atoms. The fraction of sp³-hybridized carbons (Fsp3) is 0.462. The number of fused-ring (bicyclic) bond motifs is 1. The van der Waals surface area contributed by atoms with Gasteiger partial charge in [-0.2, -0.15) is 0 Å². The molecule has 2 heterocycles. The van der Waals surface area contributed by atoms with E-state index >= 15 is 0 Å². The maximum atomic E-state index is 12.6. The molecular formula is C13H17NO5S2. The molecule has 21 heavy (non-hydrogen) atoms. The van der Waals surface area contributed by atoms with E-state index in [-0.39, 0.29) is 23.1 Å². The molecule has 8 heteroatoms. The van der Waals surface area contributed by atoms with Crippen molar-refractivity contribution in [2.75, 3.05) is 26.9 Å². The number of thiophene rings is 1. The molecule has 6 nitrogen and oxygen atoms in total. The summed E-state index contributed by atoms with van der Waals surface area (Å²) in [5.74, 6) is -0.629. The van der Waals surface area contributed by atoms with Crippen LogP contribution in [0.1, 0.15) is 18.9 Å². The standard InChI is InChI=1S/C13H17NO5S2/c1-3-19-12(15)11-9-10-5-8-20-13(10)21(16,17)14(11)6-4-7-18-2/h5,8-9H,3-4,6-7H2,1-2H3. The smallest absolute Gasteiger partial charge is 0.355 e. The van der Waals surface area contributed by atoms with Gasteiger partial charge in [-0.3, -0.25) is 4.31 Å². The van der Waals surface area contributed by atoms with Gasteiger partial charge in [0.1, 0.15) is 9.91 Å². The number of ether oxygens (including phenoxy) is 2. The topological polar surface area (TPSA) is 72.9 Å². The second kappa shape index (κ2) is 6.59. The molecular weight excluding hydrogens is 314 g/mol. The van der Waals surface area contributed by atoms with Gasteiger partial charge in [0, 0.05) is 25.8 Å². The molecule has 0 N–H and O–H groups in total. The van der Waals surface area contributed by atoms with Crippen LogP contribution in [-0.4, -0.2) is 45.6 Å². The van der Waals surface area contributed by atoms with Crippen molar-refractivity contribution in [3.63, 3.8) is 0 Å². The molecule has 0 atom stereocenters. The molecule has 0 aliphatic carbocycles. The maximum Gasteiger partial charge on any atom is 0.355 e. The molecule has 2 rings (SSSR count). The largest absolute Gasteiger partial charge is 0.461 e. The summed E-state index contributed by atoms with van der Waals surface area (Å²) in [6.07, 6.45) is 2.06. The third-order valence-electron chi connectivity index (χ3n) is 2.94. The van der Waals surface area contributed by atoms with Crippen LogP contribution in [0.4, 0.5) is 0 Å². The predicted molar refractivity (Wildman–Crippen MR) is 79.3 cm³/mol. The van der Waals surface area contributed by atoms with Gasteiger partial charge in [0.2, 0.25) is 0 Å². The Balaban J connectivity index is 2.40. The third-order valence-corrected chi connectivity index (χ3v) is 6.24. The lowest BCUT2D eigenvalue weighted by atomic mass is 10.2. The van der Waals surface area contributed by atoms with Gasteiger partial charge in [-0.25, -0.2) is 13.2 Å². The third kappa shape index (κ3) is 3.12. The van der Waals surface area contributed by atoms with Crippen molar-refractivity contribution in [2.24, 2.45) is 0 Å². The van der Waals surface area contributed by atoms with Crippen molar-refractivity contribution < 1.29 is 22.7 Å². The molecule has 1 aliphatic heterocycles. The van der Waals surface area contributed by atoms with E-state index in [1.54, 1.807) is 31.6 Å². The van der Waals surface area contributed by atoms with E-state index in [0.29, 0.717) is 18.6 Å². The highest BCUT2D eigenvalue weighted by Crippen LogP contribution is 2.35. The Hall–Kier alpha value is -1.38. The first kappa shape index (κ1) is 16.0. The Kier molecular flexibility index (Phi) is 5.02. The zero-order valence-electron chi connectivity index (χ0n) is 11.9. The van der Waals surface area contributed by atoms with E-state index in [4.69, 9.17) is 9.47 Å². The first-order chi connectivity index (χ1) is 10.0. The van der Waals surface area contributed by atoms with Crippen LogP contribution in [-0.2, 0) is 24.3 Å². The van der Waals surface area contributed by atoms with Gasteiger partial charge in [-0.1, -0.05) is 0 Å². The van der Waals surface area contributed by atoms with Gasteiger partial charge in [0.05, 0.1) is 6.61 Å². The van der Waals surface area contributed by atoms with E-state index in [9.17, 15) is 13.2 Å². The van der Waals surface area contributed by atoms with Crippen molar-refractivity contribution in [3.8, 4) is 0 Å². The number of methoxy groups -OCH3 is 1. The molecule has 0 saturated carbocycles. The van der Waals surface area contributed by atoms with E-state index in [0.717, 1.165) is 15.6 Å².